The van der Waals surface area contributed by atoms with E-state index in [2.05, 4.69) is 61.3 Å². The van der Waals surface area contributed by atoms with Crippen LogP contribution in [-0.2, 0) is 0 Å². The summed E-state index contributed by atoms with van der Waals surface area (Å²) in [4.78, 5) is 4.10. The van der Waals surface area contributed by atoms with Gasteiger partial charge in [0.1, 0.15) is 0 Å². The van der Waals surface area contributed by atoms with E-state index in [1.54, 1.807) is 0 Å². The van der Waals surface area contributed by atoms with Crippen LogP contribution in [0.5, 0.6) is 0 Å². The smallest absolute Gasteiger partial charge is 0.0270 e. The molecule has 0 aliphatic carbocycles. The van der Waals surface area contributed by atoms with E-state index in [0.717, 1.165) is 0 Å². The summed E-state index contributed by atoms with van der Waals surface area (Å²) in [6.45, 7) is 4.59. The molecule has 18 heavy (non-hydrogen) atoms. The molecule has 0 spiro atoms. The highest BCUT2D eigenvalue weighted by atomic mass is 14.6. The summed E-state index contributed by atoms with van der Waals surface area (Å²) in [5.74, 6) is 1.23. The van der Waals surface area contributed by atoms with Crippen LogP contribution in [0.15, 0.2) is 54.9 Å². The molecule has 0 saturated carbocycles. The minimum atomic E-state index is 0.601. The van der Waals surface area contributed by atoms with Gasteiger partial charge in [0.05, 0.1) is 0 Å². The molecule has 0 fully saturated rings. The molecule has 1 nitrogen and oxygen atoms in total. The molecule has 1 heterocycles. The largest absolute Gasteiger partial charge is 0.265 e. The molecule has 2 unspecified atom stereocenters. The van der Waals surface area contributed by atoms with Crippen molar-refractivity contribution in [1.82, 2.24) is 4.98 Å². The summed E-state index contributed by atoms with van der Waals surface area (Å²) in [6.07, 6.45) is 6.17. The monoisotopic (exact) mass is 239 g/mol. The van der Waals surface area contributed by atoms with Crippen LogP contribution >= 0.6 is 0 Å². The molecule has 1 heteroatoms. The van der Waals surface area contributed by atoms with E-state index in [1.807, 2.05) is 12.4 Å². The quantitative estimate of drug-likeness (QED) is 0.732. The maximum Gasteiger partial charge on any atom is 0.0270 e. The van der Waals surface area contributed by atoms with Crippen LogP contribution in [0.1, 0.15) is 49.7 Å². The Hall–Kier alpha value is -1.63. The number of nitrogens with zero attached hydrogens (tertiary/aromatic N) is 1. The molecule has 0 aliphatic rings. The van der Waals surface area contributed by atoms with Crippen LogP contribution in [-0.4, -0.2) is 4.98 Å². The fraction of sp³-hybridized carbons (Fsp3) is 0.353. The summed E-state index contributed by atoms with van der Waals surface area (Å²) < 4.78 is 0. The second kappa shape index (κ2) is 6.34. The molecule has 0 bridgehead atoms. The van der Waals surface area contributed by atoms with Gasteiger partial charge in [0.15, 0.2) is 0 Å². The molecule has 94 valence electrons. The average Bonchev–Trinajstić information content (AvgIpc) is 2.46. The molecule has 1 aromatic heterocycles. The molecule has 0 radical (unpaired) electrons. The molecule has 0 aliphatic heterocycles. The molecule has 0 saturated heterocycles. The topological polar surface area (TPSA) is 12.9 Å². The summed E-state index contributed by atoms with van der Waals surface area (Å²) in [6, 6.07) is 15.1. The van der Waals surface area contributed by atoms with Gasteiger partial charge in [-0.15, -0.1) is 0 Å². The third-order valence-corrected chi connectivity index (χ3v) is 3.68. The number of hydrogen-bond donors (Lipinski definition) is 0. The first kappa shape index (κ1) is 12.8. The highest BCUT2D eigenvalue weighted by molar-refractivity contribution is 5.21. The number of benzene rings is 1. The van der Waals surface area contributed by atoms with Gasteiger partial charge < -0.3 is 0 Å². The number of rotatable bonds is 5. The highest BCUT2D eigenvalue weighted by Crippen LogP contribution is 2.31. The third-order valence-electron chi connectivity index (χ3n) is 3.68. The summed E-state index contributed by atoms with van der Waals surface area (Å²) >= 11 is 0. The van der Waals surface area contributed by atoms with Crippen molar-refractivity contribution < 1.29 is 0 Å². The second-order valence-electron chi connectivity index (χ2n) is 4.93. The molecule has 1 aromatic carbocycles. The fourth-order valence-corrected chi connectivity index (χ4v) is 2.52. The first-order valence-corrected chi connectivity index (χ1v) is 6.76. The lowest BCUT2D eigenvalue weighted by molar-refractivity contribution is 0.544. The predicted octanol–water partition coefficient (Wildman–Crippen LogP) is 4.77. The molecular formula is C17H21N. The van der Waals surface area contributed by atoms with Gasteiger partial charge in [-0.1, -0.05) is 44.2 Å². The number of aromatic nitrogens is 1. The summed E-state index contributed by atoms with van der Waals surface area (Å²) in [7, 11) is 0. The van der Waals surface area contributed by atoms with E-state index in [0.29, 0.717) is 11.8 Å². The van der Waals surface area contributed by atoms with E-state index in [1.165, 1.54) is 24.0 Å². The Kier molecular flexibility index (Phi) is 4.52. The second-order valence-corrected chi connectivity index (χ2v) is 4.93. The third kappa shape index (κ3) is 3.19. The first-order chi connectivity index (χ1) is 8.81. The molecule has 0 amide bonds. The van der Waals surface area contributed by atoms with Crippen LogP contribution in [0.4, 0.5) is 0 Å². The van der Waals surface area contributed by atoms with Crippen molar-refractivity contribution in [2.45, 2.75) is 38.5 Å². The molecule has 2 atom stereocenters. The van der Waals surface area contributed by atoms with Gasteiger partial charge in [-0.2, -0.15) is 0 Å². The first-order valence-electron chi connectivity index (χ1n) is 6.76. The van der Waals surface area contributed by atoms with Crippen LogP contribution in [0, 0.1) is 0 Å². The molecular weight excluding hydrogens is 218 g/mol. The fourth-order valence-electron chi connectivity index (χ4n) is 2.52. The van der Waals surface area contributed by atoms with E-state index in [9.17, 15) is 0 Å². The van der Waals surface area contributed by atoms with E-state index >= 15 is 0 Å². The average molecular weight is 239 g/mol. The van der Waals surface area contributed by atoms with E-state index < -0.39 is 0 Å². The minimum Gasteiger partial charge on any atom is -0.265 e. The number of pyridine rings is 1. The van der Waals surface area contributed by atoms with E-state index in [-0.39, 0.29) is 0 Å². The van der Waals surface area contributed by atoms with Gasteiger partial charge in [0.2, 0.25) is 0 Å². The summed E-state index contributed by atoms with van der Waals surface area (Å²) in [5.41, 5.74) is 2.85. The van der Waals surface area contributed by atoms with Crippen molar-refractivity contribution in [3.8, 4) is 0 Å². The molecule has 0 N–H and O–H groups in total. The maximum atomic E-state index is 4.10. The predicted molar refractivity (Wildman–Crippen MR) is 76.7 cm³/mol. The zero-order valence-electron chi connectivity index (χ0n) is 11.2. The lowest BCUT2D eigenvalue weighted by Gasteiger charge is -2.20. The Morgan fingerprint density at radius 2 is 1.61 bits per heavy atom. The standard InChI is InChI=1S/C17H21N/c1-3-15(17-9-11-18-12-10-17)13-14(2)16-7-5-4-6-8-16/h4-12,14-15H,3,13H2,1-2H3. The van der Waals surface area contributed by atoms with Gasteiger partial charge in [0, 0.05) is 12.4 Å². The molecule has 2 rings (SSSR count). The zero-order valence-corrected chi connectivity index (χ0v) is 11.2. The Balaban J connectivity index is 2.07. The van der Waals surface area contributed by atoms with E-state index in [4.69, 9.17) is 0 Å². The Morgan fingerprint density at radius 1 is 0.944 bits per heavy atom. The lowest BCUT2D eigenvalue weighted by Crippen LogP contribution is -2.03. The molecule has 2 aromatic rings. The van der Waals surface area contributed by atoms with Gasteiger partial charge in [0.25, 0.3) is 0 Å². The van der Waals surface area contributed by atoms with Crippen LogP contribution in [0.3, 0.4) is 0 Å². The van der Waals surface area contributed by atoms with Gasteiger partial charge in [-0.05, 0) is 47.9 Å². The minimum absolute atomic E-state index is 0.601. The van der Waals surface area contributed by atoms with Crippen molar-refractivity contribution >= 4 is 0 Å². The maximum absolute atomic E-state index is 4.10. The van der Waals surface area contributed by atoms with Crippen molar-refractivity contribution in [2.24, 2.45) is 0 Å². The van der Waals surface area contributed by atoms with Crippen LogP contribution in [0.25, 0.3) is 0 Å². The summed E-state index contributed by atoms with van der Waals surface area (Å²) in [5, 5.41) is 0. The van der Waals surface area contributed by atoms with Gasteiger partial charge in [-0.3, -0.25) is 4.98 Å². The van der Waals surface area contributed by atoms with Crippen molar-refractivity contribution in [1.29, 1.82) is 0 Å². The van der Waals surface area contributed by atoms with Crippen molar-refractivity contribution in [2.75, 3.05) is 0 Å². The van der Waals surface area contributed by atoms with Crippen molar-refractivity contribution in [3.05, 3.63) is 66.0 Å². The Labute approximate surface area is 110 Å². The van der Waals surface area contributed by atoms with Crippen LogP contribution < -0.4 is 0 Å². The van der Waals surface area contributed by atoms with Gasteiger partial charge >= 0.3 is 0 Å². The Morgan fingerprint density at radius 3 is 2.22 bits per heavy atom. The Bertz CT molecular complexity index is 450. The van der Waals surface area contributed by atoms with Crippen LogP contribution in [0.2, 0.25) is 0 Å². The zero-order chi connectivity index (χ0) is 12.8. The number of hydrogen-bond acceptors (Lipinski definition) is 1. The SMILES string of the molecule is CCC(CC(C)c1ccccc1)c1ccncc1. The van der Waals surface area contributed by atoms with Gasteiger partial charge in [-0.25, -0.2) is 0 Å². The van der Waals surface area contributed by atoms with Crippen molar-refractivity contribution in [3.63, 3.8) is 0 Å². The highest BCUT2D eigenvalue weighted by Gasteiger charge is 2.14. The normalized spacial score (nSPS) is 14.1. The lowest BCUT2D eigenvalue weighted by atomic mass is 9.85.